The average molecular weight is 476 g/mol. The molecule has 0 aromatic heterocycles. The van der Waals surface area contributed by atoms with E-state index in [1.54, 1.807) is 6.92 Å². The molecule has 2 N–H and O–H groups in total. The molecule has 0 aliphatic carbocycles. The highest BCUT2D eigenvalue weighted by atomic mass is 79.9. The molecular formula is C18H30BrN5O5. The Balaban J connectivity index is 2.07. The van der Waals surface area contributed by atoms with Gasteiger partial charge in [0, 0.05) is 17.9 Å². The van der Waals surface area contributed by atoms with Gasteiger partial charge in [0.15, 0.2) is 6.23 Å². The van der Waals surface area contributed by atoms with E-state index < -0.39 is 40.9 Å². The summed E-state index contributed by atoms with van der Waals surface area (Å²) in [6.07, 6.45) is 4.32. The van der Waals surface area contributed by atoms with E-state index in [9.17, 15) is 14.7 Å². The number of halogens is 1. The fourth-order valence-corrected chi connectivity index (χ4v) is 4.05. The Morgan fingerprint density at radius 2 is 2.07 bits per heavy atom. The summed E-state index contributed by atoms with van der Waals surface area (Å²) in [5.74, 6) is -0.491. The van der Waals surface area contributed by atoms with Crippen LogP contribution in [0, 0.1) is 0 Å². The third-order valence-corrected chi connectivity index (χ3v) is 6.04. The molecule has 29 heavy (non-hydrogen) atoms. The summed E-state index contributed by atoms with van der Waals surface area (Å²) in [4.78, 5) is 29.1. The van der Waals surface area contributed by atoms with E-state index in [0.717, 1.165) is 19.3 Å². The van der Waals surface area contributed by atoms with E-state index in [2.05, 4.69) is 38.2 Å². The monoisotopic (exact) mass is 475 g/mol. The van der Waals surface area contributed by atoms with Gasteiger partial charge in [0.1, 0.15) is 10.6 Å². The maximum absolute atomic E-state index is 12.6. The second-order valence-electron chi connectivity index (χ2n) is 7.55. The Kier molecular flexibility index (Phi) is 9.16. The molecule has 0 bridgehead atoms. The van der Waals surface area contributed by atoms with Crippen molar-refractivity contribution in [1.82, 2.24) is 10.2 Å². The zero-order chi connectivity index (χ0) is 21.4. The van der Waals surface area contributed by atoms with Gasteiger partial charge in [-0.15, -0.1) is 0 Å². The number of aliphatic hydroxyl groups is 1. The summed E-state index contributed by atoms with van der Waals surface area (Å²) in [5, 5.41) is 15.5. The van der Waals surface area contributed by atoms with Crippen molar-refractivity contribution in [3.05, 3.63) is 10.4 Å². The lowest BCUT2D eigenvalue weighted by molar-refractivity contribution is -0.159. The summed E-state index contributed by atoms with van der Waals surface area (Å²) in [6, 6.07) is -1.25. The molecule has 3 unspecified atom stereocenters. The van der Waals surface area contributed by atoms with Crippen molar-refractivity contribution in [1.29, 1.82) is 0 Å². The number of nitrogens with one attached hydrogen (secondary N) is 1. The number of carbonyl (C=O) groups is 2. The van der Waals surface area contributed by atoms with Crippen LogP contribution < -0.4 is 5.32 Å². The Labute approximate surface area is 179 Å². The maximum atomic E-state index is 12.6. The number of hydrogen-bond donors (Lipinski definition) is 2. The van der Waals surface area contributed by atoms with Crippen LogP contribution in [0.15, 0.2) is 5.11 Å². The number of amides is 3. The summed E-state index contributed by atoms with van der Waals surface area (Å²) in [7, 11) is 0. The normalized spacial score (nSPS) is 32.2. The highest BCUT2D eigenvalue weighted by Gasteiger charge is 2.54. The number of azide groups is 1. The molecule has 3 amide bonds. The molecule has 5 atom stereocenters. The van der Waals surface area contributed by atoms with Crippen LogP contribution in [0.3, 0.4) is 0 Å². The largest absolute Gasteiger partial charge is 0.394 e. The lowest BCUT2D eigenvalue weighted by Gasteiger charge is -2.45. The first-order valence-electron chi connectivity index (χ1n) is 10.1. The molecule has 0 radical (unpaired) electrons. The fourth-order valence-electron chi connectivity index (χ4n) is 3.60. The van der Waals surface area contributed by atoms with E-state index in [-0.39, 0.29) is 13.0 Å². The zero-order valence-corrected chi connectivity index (χ0v) is 18.5. The number of unbranched alkanes of at least 4 members (excludes halogenated alkanes) is 5. The number of imide groups is 1. The predicted molar refractivity (Wildman–Crippen MR) is 109 cm³/mol. The number of urea groups is 1. The molecule has 2 aliphatic rings. The van der Waals surface area contributed by atoms with Gasteiger partial charge >= 0.3 is 6.03 Å². The van der Waals surface area contributed by atoms with Crippen LogP contribution in [-0.2, 0) is 14.3 Å². The highest BCUT2D eigenvalue weighted by molar-refractivity contribution is 9.10. The van der Waals surface area contributed by atoms with E-state index in [1.807, 2.05) is 0 Å². The van der Waals surface area contributed by atoms with E-state index >= 15 is 0 Å². The number of nitrogens with zero attached hydrogens (tertiary/aromatic N) is 4. The fraction of sp³-hybridized carbons (Fsp3) is 0.889. The van der Waals surface area contributed by atoms with Crippen molar-refractivity contribution in [3.8, 4) is 0 Å². The van der Waals surface area contributed by atoms with Gasteiger partial charge < -0.3 is 14.6 Å². The van der Waals surface area contributed by atoms with Gasteiger partial charge in [0.2, 0.25) is 5.91 Å². The molecule has 0 aromatic rings. The number of ether oxygens (including phenoxy) is 2. The molecule has 10 nitrogen and oxygen atoms in total. The number of hydrogen-bond acceptors (Lipinski definition) is 6. The second-order valence-corrected chi connectivity index (χ2v) is 9.20. The van der Waals surface area contributed by atoms with Gasteiger partial charge in [-0.05, 0) is 18.9 Å². The summed E-state index contributed by atoms with van der Waals surface area (Å²) < 4.78 is 10.6. The van der Waals surface area contributed by atoms with Gasteiger partial charge in [-0.1, -0.05) is 60.1 Å². The Morgan fingerprint density at radius 1 is 1.38 bits per heavy atom. The number of aliphatic hydroxyl groups excluding tert-OH is 1. The Hall–Kier alpha value is -1.39. The first-order valence-corrected chi connectivity index (χ1v) is 10.9. The van der Waals surface area contributed by atoms with Crippen molar-refractivity contribution in [3.63, 3.8) is 0 Å². The van der Waals surface area contributed by atoms with Crippen LogP contribution in [0.4, 0.5) is 4.79 Å². The van der Waals surface area contributed by atoms with Crippen LogP contribution in [0.1, 0.15) is 58.8 Å². The Bertz CT molecular complexity index is 628. The average Bonchev–Trinajstić information content (AvgIpc) is 3.07. The van der Waals surface area contributed by atoms with Crippen molar-refractivity contribution in [2.24, 2.45) is 5.11 Å². The van der Waals surface area contributed by atoms with Crippen molar-refractivity contribution in [2.75, 3.05) is 13.2 Å². The third kappa shape index (κ3) is 5.82. The first kappa shape index (κ1) is 23.9. The predicted octanol–water partition coefficient (Wildman–Crippen LogP) is 3.18. The van der Waals surface area contributed by atoms with Gasteiger partial charge in [-0.3, -0.25) is 15.0 Å². The SMILES string of the molecule is CCCCCCCCOC1N([C@H]2CC(N=[N+]=[N-])[C@@H](CO)O2)C(=O)NC(=O)C1(C)Br. The molecule has 0 spiro atoms. The Morgan fingerprint density at radius 3 is 2.72 bits per heavy atom. The summed E-state index contributed by atoms with van der Waals surface area (Å²) in [6.45, 7) is 3.85. The molecular weight excluding hydrogens is 446 g/mol. The molecule has 2 heterocycles. The van der Waals surface area contributed by atoms with Crippen molar-refractivity contribution < 1.29 is 24.2 Å². The first-order chi connectivity index (χ1) is 13.9. The molecule has 2 rings (SSSR count). The van der Waals surface area contributed by atoms with Crippen molar-refractivity contribution in [2.45, 2.75) is 87.7 Å². The van der Waals surface area contributed by atoms with E-state index in [4.69, 9.17) is 15.0 Å². The molecule has 0 aromatic carbocycles. The number of rotatable bonds is 11. The minimum Gasteiger partial charge on any atom is -0.394 e. The van der Waals surface area contributed by atoms with Crippen LogP contribution >= 0.6 is 15.9 Å². The molecule has 2 saturated heterocycles. The van der Waals surface area contributed by atoms with E-state index in [0.29, 0.717) is 6.61 Å². The molecule has 164 valence electrons. The van der Waals surface area contributed by atoms with Crippen LogP contribution in [0.2, 0.25) is 0 Å². The molecule has 2 aliphatic heterocycles. The van der Waals surface area contributed by atoms with Crippen LogP contribution in [0.25, 0.3) is 10.4 Å². The van der Waals surface area contributed by atoms with Crippen molar-refractivity contribution >= 4 is 27.9 Å². The lowest BCUT2D eigenvalue weighted by atomic mass is 10.0. The van der Waals surface area contributed by atoms with Gasteiger partial charge in [-0.25, -0.2) is 4.79 Å². The van der Waals surface area contributed by atoms with E-state index in [1.165, 1.54) is 24.2 Å². The quantitative estimate of drug-likeness (QED) is 0.155. The van der Waals surface area contributed by atoms with Crippen LogP contribution in [-0.4, -0.2) is 64.1 Å². The summed E-state index contributed by atoms with van der Waals surface area (Å²) in [5.41, 5.74) is 8.73. The zero-order valence-electron chi connectivity index (χ0n) is 16.9. The second kappa shape index (κ2) is 11.1. The minimum absolute atomic E-state index is 0.205. The number of alkyl halides is 1. The number of carbonyl (C=O) groups excluding carboxylic acids is 2. The standard InChI is InChI=1S/C18H30BrN5O5/c1-3-4-5-6-7-8-9-28-16-18(2,19)15(26)21-17(27)24(16)14-10-12(22-23-20)13(11-25)29-14/h12-14,16,25H,3-11H2,1-2H3,(H,21,26,27)/t12?,13-,14-,16?,18?/m1/s1. The maximum Gasteiger partial charge on any atom is 0.328 e. The minimum atomic E-state index is -1.17. The lowest BCUT2D eigenvalue weighted by Crippen LogP contribution is -2.69. The summed E-state index contributed by atoms with van der Waals surface area (Å²) >= 11 is 3.40. The highest BCUT2D eigenvalue weighted by Crippen LogP contribution is 2.36. The smallest absolute Gasteiger partial charge is 0.328 e. The topological polar surface area (TPSA) is 137 Å². The molecule has 2 fully saturated rings. The third-order valence-electron chi connectivity index (χ3n) is 5.28. The van der Waals surface area contributed by atoms with Gasteiger partial charge in [0.05, 0.1) is 18.8 Å². The van der Waals surface area contributed by atoms with Gasteiger partial charge in [0.25, 0.3) is 0 Å². The van der Waals surface area contributed by atoms with Crippen LogP contribution in [0.5, 0.6) is 0 Å². The van der Waals surface area contributed by atoms with Gasteiger partial charge in [-0.2, -0.15) is 0 Å². The molecule has 11 heteroatoms. The molecule has 0 saturated carbocycles.